The normalized spacial score (nSPS) is 12.5. The summed E-state index contributed by atoms with van der Waals surface area (Å²) in [4.78, 5) is 14.1. The van der Waals surface area contributed by atoms with Crippen LogP contribution in [0.4, 0.5) is 17.2 Å². The van der Waals surface area contributed by atoms with E-state index in [-0.39, 0.29) is 0 Å². The number of hydrogen-bond donors (Lipinski definition) is 2. The maximum atomic E-state index is 6.24. The third-order valence-electron chi connectivity index (χ3n) is 5.73. The monoisotopic (exact) mass is 459 g/mol. The average Bonchev–Trinajstić information content (AvgIpc) is 3.32. The average molecular weight is 460 g/mol. The van der Waals surface area contributed by atoms with Gasteiger partial charge in [-0.15, -0.1) is 0 Å². The van der Waals surface area contributed by atoms with Crippen molar-refractivity contribution in [2.45, 2.75) is 20.1 Å². The highest BCUT2D eigenvalue weighted by molar-refractivity contribution is 5.93. The lowest BCUT2D eigenvalue weighted by Gasteiger charge is -2.15. The summed E-state index contributed by atoms with van der Waals surface area (Å²) in [7, 11) is 4.72. The van der Waals surface area contributed by atoms with Crippen LogP contribution in [0.3, 0.4) is 0 Å². The van der Waals surface area contributed by atoms with Gasteiger partial charge in [0.15, 0.2) is 17.3 Å². The predicted molar refractivity (Wildman–Crippen MR) is 130 cm³/mol. The summed E-state index contributed by atoms with van der Waals surface area (Å²) in [5.74, 6) is 2.75. The molecule has 2 aromatic heterocycles. The van der Waals surface area contributed by atoms with E-state index in [0.717, 1.165) is 39.1 Å². The Morgan fingerprint density at radius 1 is 0.912 bits per heavy atom. The molecule has 174 valence electrons. The van der Waals surface area contributed by atoms with Crippen molar-refractivity contribution in [3.8, 4) is 28.6 Å². The number of hydrogen-bond acceptors (Lipinski definition) is 9. The molecule has 9 heteroatoms. The van der Waals surface area contributed by atoms with Crippen molar-refractivity contribution in [3.05, 3.63) is 53.3 Å². The minimum atomic E-state index is 0.415. The molecule has 0 saturated heterocycles. The summed E-state index contributed by atoms with van der Waals surface area (Å²) in [6.07, 6.45) is 0. The smallest absolute Gasteiger partial charge is 0.203 e. The third kappa shape index (κ3) is 3.80. The van der Waals surface area contributed by atoms with Crippen LogP contribution in [0.1, 0.15) is 17.0 Å². The first-order chi connectivity index (χ1) is 16.5. The topological polar surface area (TPSA) is 114 Å². The van der Waals surface area contributed by atoms with E-state index < -0.39 is 0 Å². The summed E-state index contributed by atoms with van der Waals surface area (Å²) >= 11 is 0. The Morgan fingerprint density at radius 2 is 1.68 bits per heavy atom. The van der Waals surface area contributed by atoms with E-state index >= 15 is 0 Å². The van der Waals surface area contributed by atoms with Gasteiger partial charge in [-0.25, -0.2) is 9.97 Å². The van der Waals surface area contributed by atoms with Crippen LogP contribution in [0.2, 0.25) is 0 Å². The van der Waals surface area contributed by atoms with E-state index in [4.69, 9.17) is 34.6 Å². The Bertz CT molecular complexity index is 1380. The number of anilines is 3. The predicted octanol–water partition coefficient (Wildman–Crippen LogP) is 4.38. The number of nitrogen functional groups attached to an aromatic ring is 1. The Kier molecular flexibility index (Phi) is 5.54. The number of nitrogens with two attached hydrogens (primary N) is 1. The van der Waals surface area contributed by atoms with Gasteiger partial charge in [-0.05, 0) is 43.3 Å². The van der Waals surface area contributed by atoms with Crippen LogP contribution in [-0.2, 0) is 18.0 Å². The highest BCUT2D eigenvalue weighted by atomic mass is 16.5. The van der Waals surface area contributed by atoms with E-state index in [1.165, 1.54) is 0 Å². The molecule has 0 saturated carbocycles. The summed E-state index contributed by atoms with van der Waals surface area (Å²) in [5.41, 5.74) is 12.0. The highest BCUT2D eigenvalue weighted by Crippen LogP contribution is 2.41. The van der Waals surface area contributed by atoms with Crippen molar-refractivity contribution in [1.82, 2.24) is 15.0 Å². The first kappa shape index (κ1) is 21.7. The quantitative estimate of drug-likeness (QED) is 0.433. The Balaban J connectivity index is 1.59. The van der Waals surface area contributed by atoms with Crippen molar-refractivity contribution in [2.75, 3.05) is 32.4 Å². The lowest BCUT2D eigenvalue weighted by Crippen LogP contribution is -2.04. The van der Waals surface area contributed by atoms with Crippen LogP contribution in [0, 0.1) is 6.92 Å². The van der Waals surface area contributed by atoms with E-state index in [0.29, 0.717) is 47.8 Å². The molecule has 0 bridgehead atoms. The molecule has 3 N–H and O–H groups in total. The molecule has 0 atom stereocenters. The number of nitrogens with zero attached hydrogens (tertiary/aromatic N) is 3. The number of methoxy groups -OCH3 is 3. The van der Waals surface area contributed by atoms with E-state index in [9.17, 15) is 0 Å². The van der Waals surface area contributed by atoms with E-state index in [1.807, 2.05) is 43.3 Å². The zero-order valence-corrected chi connectivity index (χ0v) is 19.4. The van der Waals surface area contributed by atoms with Gasteiger partial charge in [0.25, 0.3) is 0 Å². The van der Waals surface area contributed by atoms with Gasteiger partial charge >= 0.3 is 0 Å². The fourth-order valence-electron chi connectivity index (χ4n) is 4.10. The fraction of sp³-hybridized carbons (Fsp3) is 0.240. The Hall–Kier alpha value is -4.11. The lowest BCUT2D eigenvalue weighted by atomic mass is 10.1. The third-order valence-corrected chi connectivity index (χ3v) is 5.73. The van der Waals surface area contributed by atoms with Gasteiger partial charge in [0.05, 0.1) is 45.8 Å². The molecule has 0 fully saturated rings. The molecule has 0 spiro atoms. The van der Waals surface area contributed by atoms with Crippen molar-refractivity contribution >= 4 is 28.1 Å². The second-order valence-electron chi connectivity index (χ2n) is 7.94. The molecular formula is C25H25N5O4. The van der Waals surface area contributed by atoms with Crippen LogP contribution in [-0.4, -0.2) is 36.3 Å². The van der Waals surface area contributed by atoms with Gasteiger partial charge in [0, 0.05) is 33.6 Å². The number of ether oxygens (including phenoxy) is 4. The number of fused-ring (bicyclic) bond motifs is 2. The van der Waals surface area contributed by atoms with Gasteiger partial charge in [-0.2, -0.15) is 0 Å². The number of rotatable bonds is 6. The summed E-state index contributed by atoms with van der Waals surface area (Å²) in [5, 5.41) is 4.30. The number of aryl methyl sites for hydroxylation is 1. The molecule has 34 heavy (non-hydrogen) atoms. The number of nitrogens with one attached hydrogen (secondary N) is 1. The maximum absolute atomic E-state index is 6.24. The van der Waals surface area contributed by atoms with Gasteiger partial charge in [-0.3, -0.25) is 4.98 Å². The largest absolute Gasteiger partial charge is 0.493 e. The molecule has 3 heterocycles. The molecule has 2 aromatic carbocycles. The van der Waals surface area contributed by atoms with Crippen molar-refractivity contribution in [3.63, 3.8) is 0 Å². The maximum Gasteiger partial charge on any atom is 0.203 e. The van der Waals surface area contributed by atoms with Crippen molar-refractivity contribution in [1.29, 1.82) is 0 Å². The lowest BCUT2D eigenvalue weighted by molar-refractivity contribution is 0.133. The first-order valence-corrected chi connectivity index (χ1v) is 10.7. The second-order valence-corrected chi connectivity index (χ2v) is 7.94. The molecular weight excluding hydrogens is 434 g/mol. The molecule has 0 aliphatic carbocycles. The molecule has 9 nitrogen and oxygen atoms in total. The van der Waals surface area contributed by atoms with Crippen LogP contribution in [0.15, 0.2) is 36.4 Å². The van der Waals surface area contributed by atoms with Gasteiger partial charge < -0.3 is 30.0 Å². The summed E-state index contributed by atoms with van der Waals surface area (Å²) in [6, 6.07) is 11.4. The Morgan fingerprint density at radius 3 is 2.38 bits per heavy atom. The van der Waals surface area contributed by atoms with Crippen LogP contribution >= 0.6 is 0 Å². The van der Waals surface area contributed by atoms with E-state index in [2.05, 4.69) is 10.3 Å². The molecule has 5 rings (SSSR count). The van der Waals surface area contributed by atoms with Crippen molar-refractivity contribution < 1.29 is 18.9 Å². The minimum Gasteiger partial charge on any atom is -0.493 e. The SMILES string of the molecule is COc1cc(-c2nc3c(c(Nc4ccc5nc(C)cc(N)c5c4)n2)COC3)cc(OC)c1OC. The van der Waals surface area contributed by atoms with Crippen LogP contribution < -0.4 is 25.3 Å². The molecule has 4 aromatic rings. The Labute approximate surface area is 196 Å². The van der Waals surface area contributed by atoms with E-state index in [1.54, 1.807) is 21.3 Å². The van der Waals surface area contributed by atoms with Crippen LogP contribution in [0.25, 0.3) is 22.3 Å². The van der Waals surface area contributed by atoms with Crippen LogP contribution in [0.5, 0.6) is 17.2 Å². The molecule has 1 aliphatic heterocycles. The minimum absolute atomic E-state index is 0.415. The fourth-order valence-corrected chi connectivity index (χ4v) is 4.10. The van der Waals surface area contributed by atoms with Gasteiger partial charge in [-0.1, -0.05) is 0 Å². The zero-order valence-electron chi connectivity index (χ0n) is 19.4. The van der Waals surface area contributed by atoms with Crippen molar-refractivity contribution in [2.24, 2.45) is 0 Å². The zero-order chi connectivity index (χ0) is 23.8. The van der Waals surface area contributed by atoms with Gasteiger partial charge in [0.2, 0.25) is 5.75 Å². The molecule has 1 aliphatic rings. The highest BCUT2D eigenvalue weighted by Gasteiger charge is 2.23. The second kappa shape index (κ2) is 8.68. The number of pyridine rings is 1. The standard InChI is InChI=1S/C25H25N5O4/c1-13-7-18(26)16-10-15(5-6-19(16)27-13)28-25-17-11-34-12-20(17)29-24(30-25)14-8-21(31-2)23(33-4)22(9-14)32-3/h5-10H,11-12H2,1-4H3,(H2,26,27)(H,28,29,30). The number of benzene rings is 2. The first-order valence-electron chi connectivity index (χ1n) is 10.7. The molecule has 0 amide bonds. The summed E-state index contributed by atoms with van der Waals surface area (Å²) in [6.45, 7) is 2.78. The number of aromatic nitrogens is 3. The van der Waals surface area contributed by atoms with Gasteiger partial charge in [0.1, 0.15) is 5.82 Å². The molecule has 0 unspecified atom stereocenters. The summed E-state index contributed by atoms with van der Waals surface area (Å²) < 4.78 is 22.1. The molecule has 0 radical (unpaired) electrons.